The summed E-state index contributed by atoms with van der Waals surface area (Å²) in [5.74, 6) is 1.65. The lowest BCUT2D eigenvalue weighted by atomic mass is 10.2. The predicted octanol–water partition coefficient (Wildman–Crippen LogP) is -0.0285. The highest BCUT2D eigenvalue weighted by Gasteiger charge is 2.17. The van der Waals surface area contributed by atoms with E-state index in [-0.39, 0.29) is 5.91 Å². The van der Waals surface area contributed by atoms with E-state index < -0.39 is 0 Å². The van der Waals surface area contributed by atoms with Crippen molar-refractivity contribution in [1.82, 2.24) is 20.4 Å². The van der Waals surface area contributed by atoms with Crippen LogP contribution < -0.4 is 10.6 Å². The number of hydrogen-bond acceptors (Lipinski definition) is 3. The Morgan fingerprint density at radius 2 is 1.85 bits per heavy atom. The number of piperazine rings is 1. The first-order valence-electron chi connectivity index (χ1n) is 7.45. The van der Waals surface area contributed by atoms with Gasteiger partial charge in [0.15, 0.2) is 5.96 Å². The normalized spacial score (nSPS) is 17.4. The van der Waals surface area contributed by atoms with Crippen LogP contribution in [0.2, 0.25) is 0 Å². The van der Waals surface area contributed by atoms with Crippen LogP contribution in [0.1, 0.15) is 20.8 Å². The van der Waals surface area contributed by atoms with Crippen LogP contribution in [0.5, 0.6) is 0 Å². The minimum absolute atomic E-state index is 0.182. The smallest absolute Gasteiger partial charge is 0.219 e. The van der Waals surface area contributed by atoms with E-state index in [2.05, 4.69) is 34.4 Å². The number of guanidine groups is 1. The molecule has 2 N–H and O–H groups in total. The molecule has 0 radical (unpaired) electrons. The Bertz CT molecular complexity index is 322. The van der Waals surface area contributed by atoms with Gasteiger partial charge in [-0.05, 0) is 5.92 Å². The van der Waals surface area contributed by atoms with Gasteiger partial charge in [-0.15, -0.1) is 0 Å². The van der Waals surface area contributed by atoms with Crippen LogP contribution in [0.25, 0.3) is 0 Å². The zero-order chi connectivity index (χ0) is 15.0. The van der Waals surface area contributed by atoms with Crippen LogP contribution in [0.4, 0.5) is 0 Å². The molecule has 0 aromatic rings. The third-order valence-electron chi connectivity index (χ3n) is 3.44. The molecule has 0 unspecified atom stereocenters. The third-order valence-corrected chi connectivity index (χ3v) is 3.44. The molecule has 0 atom stereocenters. The first-order chi connectivity index (χ1) is 9.52. The lowest BCUT2D eigenvalue weighted by Crippen LogP contribution is -2.50. The van der Waals surface area contributed by atoms with Crippen molar-refractivity contribution >= 4 is 11.9 Å². The number of carbonyl (C=O) groups excluding carboxylic acids is 1. The highest BCUT2D eigenvalue weighted by Crippen LogP contribution is 2.00. The Morgan fingerprint density at radius 1 is 1.20 bits per heavy atom. The van der Waals surface area contributed by atoms with Crippen LogP contribution in [0.3, 0.4) is 0 Å². The molecule has 0 bridgehead atoms. The average molecular weight is 283 g/mol. The van der Waals surface area contributed by atoms with Crippen LogP contribution in [0, 0.1) is 5.92 Å². The Kier molecular flexibility index (Phi) is 7.36. The summed E-state index contributed by atoms with van der Waals surface area (Å²) in [5, 5.41) is 6.62. The molecule has 116 valence electrons. The first kappa shape index (κ1) is 16.8. The van der Waals surface area contributed by atoms with Crippen molar-refractivity contribution in [1.29, 1.82) is 0 Å². The van der Waals surface area contributed by atoms with Crippen molar-refractivity contribution in [2.24, 2.45) is 10.9 Å². The molecule has 20 heavy (non-hydrogen) atoms. The van der Waals surface area contributed by atoms with E-state index in [9.17, 15) is 4.79 Å². The number of rotatable bonds is 5. The van der Waals surface area contributed by atoms with Gasteiger partial charge in [0.05, 0.1) is 0 Å². The SMILES string of the molecule is CN=C(NCCN1CCN(C(C)=O)CC1)NCC(C)C. The minimum Gasteiger partial charge on any atom is -0.356 e. The van der Waals surface area contributed by atoms with Gasteiger partial charge in [-0.2, -0.15) is 0 Å². The van der Waals surface area contributed by atoms with E-state index in [0.29, 0.717) is 5.92 Å². The highest BCUT2D eigenvalue weighted by atomic mass is 16.2. The topological polar surface area (TPSA) is 60.0 Å². The molecular formula is C14H29N5O. The van der Waals surface area contributed by atoms with E-state index in [1.54, 1.807) is 14.0 Å². The number of nitrogens with zero attached hydrogens (tertiary/aromatic N) is 3. The number of hydrogen-bond donors (Lipinski definition) is 2. The van der Waals surface area contributed by atoms with Gasteiger partial charge in [-0.1, -0.05) is 13.8 Å². The van der Waals surface area contributed by atoms with E-state index in [1.165, 1.54) is 0 Å². The predicted molar refractivity (Wildman–Crippen MR) is 82.9 cm³/mol. The maximum absolute atomic E-state index is 11.2. The summed E-state index contributed by atoms with van der Waals surface area (Å²) in [5.41, 5.74) is 0. The highest BCUT2D eigenvalue weighted by molar-refractivity contribution is 5.79. The van der Waals surface area contributed by atoms with Gasteiger partial charge < -0.3 is 15.5 Å². The van der Waals surface area contributed by atoms with Gasteiger partial charge in [0.2, 0.25) is 5.91 Å². The number of aliphatic imine (C=N–C) groups is 1. The summed E-state index contributed by atoms with van der Waals surface area (Å²) in [6, 6.07) is 0. The molecule has 0 spiro atoms. The summed E-state index contributed by atoms with van der Waals surface area (Å²) >= 11 is 0. The molecule has 0 aromatic heterocycles. The Hall–Kier alpha value is -1.30. The van der Waals surface area contributed by atoms with Crippen molar-refractivity contribution in [3.8, 4) is 0 Å². The largest absolute Gasteiger partial charge is 0.356 e. The molecule has 0 saturated carbocycles. The Balaban J connectivity index is 2.16. The van der Waals surface area contributed by atoms with Crippen LogP contribution in [0.15, 0.2) is 4.99 Å². The summed E-state index contributed by atoms with van der Waals surface area (Å²) in [6.45, 7) is 12.4. The second-order valence-corrected chi connectivity index (χ2v) is 5.62. The van der Waals surface area contributed by atoms with Crippen molar-refractivity contribution in [2.75, 3.05) is 52.9 Å². The van der Waals surface area contributed by atoms with Gasteiger partial charge in [0.1, 0.15) is 0 Å². The molecular weight excluding hydrogens is 254 g/mol. The van der Waals surface area contributed by atoms with Crippen LogP contribution in [-0.4, -0.2) is 74.5 Å². The lowest BCUT2D eigenvalue weighted by molar-refractivity contribution is -0.130. The van der Waals surface area contributed by atoms with Gasteiger partial charge in [-0.3, -0.25) is 14.7 Å². The maximum Gasteiger partial charge on any atom is 0.219 e. The first-order valence-corrected chi connectivity index (χ1v) is 7.45. The van der Waals surface area contributed by atoms with E-state index in [0.717, 1.165) is 51.8 Å². The van der Waals surface area contributed by atoms with Crippen molar-refractivity contribution in [2.45, 2.75) is 20.8 Å². The van der Waals surface area contributed by atoms with E-state index in [1.807, 2.05) is 4.90 Å². The molecule has 1 amide bonds. The van der Waals surface area contributed by atoms with Gasteiger partial charge in [0, 0.05) is 59.8 Å². The quantitative estimate of drug-likeness (QED) is 0.549. The fourth-order valence-corrected chi connectivity index (χ4v) is 2.14. The Labute approximate surface area is 122 Å². The average Bonchev–Trinajstić information content (AvgIpc) is 2.42. The molecule has 6 nitrogen and oxygen atoms in total. The molecule has 1 saturated heterocycles. The standard InChI is InChI=1S/C14H29N5O/c1-12(2)11-17-14(15-4)16-5-6-18-7-9-19(10-8-18)13(3)20/h12H,5-11H2,1-4H3,(H2,15,16,17). The second kappa shape index (κ2) is 8.79. The fourth-order valence-electron chi connectivity index (χ4n) is 2.14. The van der Waals surface area contributed by atoms with Crippen LogP contribution >= 0.6 is 0 Å². The third kappa shape index (κ3) is 6.23. The van der Waals surface area contributed by atoms with Gasteiger partial charge in [0.25, 0.3) is 0 Å². The van der Waals surface area contributed by atoms with Crippen molar-refractivity contribution in [3.05, 3.63) is 0 Å². The summed E-state index contributed by atoms with van der Waals surface area (Å²) < 4.78 is 0. The maximum atomic E-state index is 11.2. The van der Waals surface area contributed by atoms with Crippen LogP contribution in [-0.2, 0) is 4.79 Å². The molecule has 1 heterocycles. The van der Waals surface area contributed by atoms with Gasteiger partial charge >= 0.3 is 0 Å². The molecule has 6 heteroatoms. The summed E-state index contributed by atoms with van der Waals surface area (Å²) in [4.78, 5) is 19.7. The van der Waals surface area contributed by atoms with E-state index in [4.69, 9.17) is 0 Å². The van der Waals surface area contributed by atoms with Gasteiger partial charge in [-0.25, -0.2) is 0 Å². The molecule has 1 rings (SSSR count). The molecule has 1 aliphatic rings. The van der Waals surface area contributed by atoms with E-state index >= 15 is 0 Å². The zero-order valence-electron chi connectivity index (χ0n) is 13.3. The second-order valence-electron chi connectivity index (χ2n) is 5.62. The zero-order valence-corrected chi connectivity index (χ0v) is 13.3. The number of carbonyl (C=O) groups is 1. The van der Waals surface area contributed by atoms with Crippen molar-refractivity contribution in [3.63, 3.8) is 0 Å². The molecule has 1 aliphatic heterocycles. The summed E-state index contributed by atoms with van der Waals surface area (Å²) in [6.07, 6.45) is 0. The lowest BCUT2D eigenvalue weighted by Gasteiger charge is -2.34. The minimum atomic E-state index is 0.182. The number of amides is 1. The summed E-state index contributed by atoms with van der Waals surface area (Å²) in [7, 11) is 1.79. The molecule has 0 aliphatic carbocycles. The Morgan fingerprint density at radius 3 is 2.35 bits per heavy atom. The monoisotopic (exact) mass is 283 g/mol. The fraction of sp³-hybridized carbons (Fsp3) is 0.857. The van der Waals surface area contributed by atoms with Crippen molar-refractivity contribution < 1.29 is 4.79 Å². The molecule has 1 fully saturated rings. The molecule has 0 aromatic carbocycles. The number of nitrogens with one attached hydrogen (secondary N) is 2.